The number of carbonyl (C=O) groups excluding carboxylic acids is 2. The van der Waals surface area contributed by atoms with Crippen LogP contribution < -0.4 is 0 Å². The Kier molecular flexibility index (Phi) is 6.92. The molecule has 0 saturated heterocycles. The van der Waals surface area contributed by atoms with Crippen molar-refractivity contribution in [3.05, 3.63) is 25.3 Å². The number of carbonyl (C=O) groups is 2. The van der Waals surface area contributed by atoms with Gasteiger partial charge in [-0.3, -0.25) is 9.59 Å². The number of esters is 2. The zero-order valence-electron chi connectivity index (χ0n) is 9.77. The highest BCUT2D eigenvalue weighted by Crippen LogP contribution is 2.16. The Hall–Kier alpha value is -1.58. The van der Waals surface area contributed by atoms with E-state index >= 15 is 0 Å². The van der Waals surface area contributed by atoms with Gasteiger partial charge >= 0.3 is 11.9 Å². The summed E-state index contributed by atoms with van der Waals surface area (Å²) in [6, 6.07) is 0. The molecule has 0 heterocycles. The Morgan fingerprint density at radius 3 is 1.50 bits per heavy atom. The molecule has 16 heavy (non-hydrogen) atoms. The summed E-state index contributed by atoms with van der Waals surface area (Å²) >= 11 is 0. The third-order valence-corrected chi connectivity index (χ3v) is 2.11. The topological polar surface area (TPSA) is 52.6 Å². The fourth-order valence-corrected chi connectivity index (χ4v) is 1.16. The van der Waals surface area contributed by atoms with Gasteiger partial charge in [-0.25, -0.2) is 0 Å². The maximum atomic E-state index is 10.7. The fourth-order valence-electron chi connectivity index (χ4n) is 1.16. The Morgan fingerprint density at radius 2 is 1.31 bits per heavy atom. The van der Waals surface area contributed by atoms with Crippen LogP contribution in [0, 0.1) is 11.8 Å². The maximum Gasteiger partial charge on any atom is 0.302 e. The second kappa shape index (κ2) is 7.68. The van der Waals surface area contributed by atoms with Gasteiger partial charge < -0.3 is 9.47 Å². The van der Waals surface area contributed by atoms with Crippen LogP contribution in [0.25, 0.3) is 0 Å². The van der Waals surface area contributed by atoms with Gasteiger partial charge in [-0.2, -0.15) is 0 Å². The largest absolute Gasteiger partial charge is 0.465 e. The van der Waals surface area contributed by atoms with Gasteiger partial charge in [0.15, 0.2) is 0 Å². The predicted molar refractivity (Wildman–Crippen MR) is 60.6 cm³/mol. The monoisotopic (exact) mass is 226 g/mol. The molecule has 0 aliphatic carbocycles. The molecule has 2 atom stereocenters. The third kappa shape index (κ3) is 6.01. The highest BCUT2D eigenvalue weighted by Gasteiger charge is 2.18. The van der Waals surface area contributed by atoms with Crippen molar-refractivity contribution in [3.63, 3.8) is 0 Å². The molecule has 4 nitrogen and oxygen atoms in total. The average molecular weight is 226 g/mol. The van der Waals surface area contributed by atoms with Gasteiger partial charge in [-0.1, -0.05) is 12.2 Å². The van der Waals surface area contributed by atoms with E-state index in [0.717, 1.165) is 0 Å². The number of hydrogen-bond acceptors (Lipinski definition) is 4. The lowest BCUT2D eigenvalue weighted by atomic mass is 9.94. The first-order valence-corrected chi connectivity index (χ1v) is 5.03. The minimum atomic E-state index is -0.345. The van der Waals surface area contributed by atoms with E-state index in [-0.39, 0.29) is 37.0 Å². The van der Waals surface area contributed by atoms with E-state index in [1.165, 1.54) is 13.8 Å². The summed E-state index contributed by atoms with van der Waals surface area (Å²) in [4.78, 5) is 21.3. The molecule has 0 saturated carbocycles. The van der Waals surface area contributed by atoms with E-state index in [2.05, 4.69) is 13.2 Å². The zero-order valence-corrected chi connectivity index (χ0v) is 9.77. The van der Waals surface area contributed by atoms with Gasteiger partial charge in [0, 0.05) is 25.7 Å². The number of ether oxygens (including phenoxy) is 2. The van der Waals surface area contributed by atoms with Crippen LogP contribution in [0.2, 0.25) is 0 Å². The molecule has 0 spiro atoms. The predicted octanol–water partition coefficient (Wildman–Crippen LogP) is 1.72. The van der Waals surface area contributed by atoms with E-state index in [1.807, 2.05) is 0 Å². The lowest BCUT2D eigenvalue weighted by Gasteiger charge is -2.20. The van der Waals surface area contributed by atoms with Crippen molar-refractivity contribution < 1.29 is 19.1 Å². The van der Waals surface area contributed by atoms with Crippen LogP contribution in [0.3, 0.4) is 0 Å². The number of rotatable bonds is 7. The Morgan fingerprint density at radius 1 is 1.00 bits per heavy atom. The first-order chi connectivity index (χ1) is 7.51. The smallest absolute Gasteiger partial charge is 0.302 e. The molecule has 0 N–H and O–H groups in total. The summed E-state index contributed by atoms with van der Waals surface area (Å²) in [5, 5.41) is 0. The molecule has 0 aromatic rings. The minimum Gasteiger partial charge on any atom is -0.465 e. The summed E-state index contributed by atoms with van der Waals surface area (Å²) < 4.78 is 9.77. The van der Waals surface area contributed by atoms with E-state index in [1.54, 1.807) is 12.2 Å². The molecular weight excluding hydrogens is 208 g/mol. The SMILES string of the molecule is C=C[C@@H](COC(C)=O)[C@@H](C=C)COC(C)=O. The summed E-state index contributed by atoms with van der Waals surface area (Å²) in [6.45, 7) is 10.4. The molecule has 0 aromatic carbocycles. The van der Waals surface area contributed by atoms with Crippen LogP contribution in [0.4, 0.5) is 0 Å². The normalized spacial score (nSPS) is 13.4. The zero-order chi connectivity index (χ0) is 12.6. The van der Waals surface area contributed by atoms with Gasteiger partial charge in [0.05, 0.1) is 13.2 Å². The highest BCUT2D eigenvalue weighted by atomic mass is 16.5. The molecule has 0 amide bonds. The molecule has 0 bridgehead atoms. The van der Waals surface area contributed by atoms with Crippen molar-refractivity contribution in [2.24, 2.45) is 11.8 Å². The first kappa shape index (κ1) is 14.4. The molecule has 0 unspecified atom stereocenters. The van der Waals surface area contributed by atoms with Crippen LogP contribution in [-0.4, -0.2) is 25.2 Å². The van der Waals surface area contributed by atoms with Crippen molar-refractivity contribution in [1.29, 1.82) is 0 Å². The Balaban J connectivity index is 4.26. The molecule has 90 valence electrons. The van der Waals surface area contributed by atoms with E-state index in [4.69, 9.17) is 9.47 Å². The van der Waals surface area contributed by atoms with Crippen LogP contribution in [-0.2, 0) is 19.1 Å². The lowest BCUT2D eigenvalue weighted by Crippen LogP contribution is -2.23. The summed E-state index contributed by atoms with van der Waals surface area (Å²) in [7, 11) is 0. The van der Waals surface area contributed by atoms with Crippen LogP contribution in [0.1, 0.15) is 13.8 Å². The molecule has 0 aliphatic rings. The first-order valence-electron chi connectivity index (χ1n) is 5.03. The molecule has 0 aromatic heterocycles. The van der Waals surface area contributed by atoms with Crippen LogP contribution >= 0.6 is 0 Å². The molecular formula is C12H18O4. The molecule has 0 fully saturated rings. The van der Waals surface area contributed by atoms with Crippen molar-refractivity contribution in [3.8, 4) is 0 Å². The number of hydrogen-bond donors (Lipinski definition) is 0. The third-order valence-electron chi connectivity index (χ3n) is 2.11. The van der Waals surface area contributed by atoms with Gasteiger partial charge in [-0.15, -0.1) is 13.2 Å². The second-order valence-electron chi connectivity index (χ2n) is 3.40. The van der Waals surface area contributed by atoms with Gasteiger partial charge in [0.1, 0.15) is 0 Å². The average Bonchev–Trinajstić information content (AvgIpc) is 2.22. The van der Waals surface area contributed by atoms with Crippen LogP contribution in [0.5, 0.6) is 0 Å². The van der Waals surface area contributed by atoms with E-state index < -0.39 is 0 Å². The Labute approximate surface area is 95.9 Å². The molecule has 0 aliphatic heterocycles. The second-order valence-corrected chi connectivity index (χ2v) is 3.40. The lowest BCUT2D eigenvalue weighted by molar-refractivity contribution is -0.145. The summed E-state index contributed by atoms with van der Waals surface area (Å²) in [6.07, 6.45) is 3.33. The van der Waals surface area contributed by atoms with Crippen molar-refractivity contribution in [2.45, 2.75) is 13.8 Å². The van der Waals surface area contributed by atoms with Crippen molar-refractivity contribution in [1.82, 2.24) is 0 Å². The standard InChI is InChI=1S/C12H18O4/c1-5-11(7-15-9(3)13)12(6-2)8-16-10(4)14/h5-6,11-12H,1-2,7-8H2,3-4H3/t11-,12-/m0/s1. The van der Waals surface area contributed by atoms with Crippen molar-refractivity contribution >= 4 is 11.9 Å². The summed E-state index contributed by atoms with van der Waals surface area (Å²) in [5.41, 5.74) is 0. The quantitative estimate of drug-likeness (QED) is 0.490. The fraction of sp³-hybridized carbons (Fsp3) is 0.500. The maximum absolute atomic E-state index is 10.7. The summed E-state index contributed by atoms with van der Waals surface area (Å²) in [5.74, 6) is -0.884. The highest BCUT2D eigenvalue weighted by molar-refractivity contribution is 5.66. The van der Waals surface area contributed by atoms with Crippen molar-refractivity contribution in [2.75, 3.05) is 13.2 Å². The van der Waals surface area contributed by atoms with E-state index in [0.29, 0.717) is 0 Å². The van der Waals surface area contributed by atoms with Gasteiger partial charge in [-0.05, 0) is 0 Å². The van der Waals surface area contributed by atoms with Gasteiger partial charge in [0.25, 0.3) is 0 Å². The minimum absolute atomic E-state index is 0.0965. The van der Waals surface area contributed by atoms with Gasteiger partial charge in [0.2, 0.25) is 0 Å². The molecule has 0 rings (SSSR count). The van der Waals surface area contributed by atoms with E-state index in [9.17, 15) is 9.59 Å². The van der Waals surface area contributed by atoms with Crippen LogP contribution in [0.15, 0.2) is 25.3 Å². The molecule has 4 heteroatoms. The Bertz CT molecular complexity index is 242. The molecule has 0 radical (unpaired) electrons.